The molecule has 0 unspecified atom stereocenters. The maximum absolute atomic E-state index is 13.1. The van der Waals surface area contributed by atoms with Gasteiger partial charge in [-0.1, -0.05) is 43.7 Å². The first-order chi connectivity index (χ1) is 14.0. The minimum Gasteiger partial charge on any atom is -0.348 e. The number of aromatic amines is 1. The Kier molecular flexibility index (Phi) is 6.64. The van der Waals surface area contributed by atoms with Gasteiger partial charge in [-0.15, -0.1) is 0 Å². The summed E-state index contributed by atoms with van der Waals surface area (Å²) in [6.07, 6.45) is 1.80. The molecule has 2 N–H and O–H groups in total. The summed E-state index contributed by atoms with van der Waals surface area (Å²) in [5, 5.41) is 9.80. The number of amides is 3. The summed E-state index contributed by atoms with van der Waals surface area (Å²) in [6.45, 7) is 5.48. The van der Waals surface area contributed by atoms with Crippen LogP contribution in [0.4, 0.5) is 0 Å². The van der Waals surface area contributed by atoms with Crippen LogP contribution in [-0.4, -0.2) is 57.4 Å². The van der Waals surface area contributed by atoms with Crippen LogP contribution in [0.2, 0.25) is 0 Å². The molecule has 0 aliphatic carbocycles. The average molecular weight is 397 g/mol. The van der Waals surface area contributed by atoms with E-state index >= 15 is 0 Å². The molecular formula is C21H27N5O3. The number of benzene rings is 1. The molecule has 1 aromatic heterocycles. The van der Waals surface area contributed by atoms with Crippen LogP contribution in [0, 0.1) is 6.92 Å². The number of aromatic nitrogens is 2. The summed E-state index contributed by atoms with van der Waals surface area (Å²) in [4.78, 5) is 41.4. The van der Waals surface area contributed by atoms with Crippen LogP contribution in [0.15, 0.2) is 36.4 Å². The summed E-state index contributed by atoms with van der Waals surface area (Å²) in [5.41, 5.74) is 2.28. The third-order valence-electron chi connectivity index (χ3n) is 5.00. The van der Waals surface area contributed by atoms with E-state index in [4.69, 9.17) is 0 Å². The van der Waals surface area contributed by atoms with Crippen molar-refractivity contribution in [3.8, 4) is 0 Å². The van der Waals surface area contributed by atoms with Gasteiger partial charge < -0.3 is 15.1 Å². The zero-order valence-corrected chi connectivity index (χ0v) is 16.9. The molecule has 0 radical (unpaired) electrons. The van der Waals surface area contributed by atoms with Crippen LogP contribution in [0.5, 0.6) is 0 Å². The monoisotopic (exact) mass is 397 g/mol. The van der Waals surface area contributed by atoms with Crippen LogP contribution in [0.25, 0.3) is 0 Å². The van der Waals surface area contributed by atoms with Gasteiger partial charge in [0, 0.05) is 25.3 Å². The van der Waals surface area contributed by atoms with Crippen molar-refractivity contribution in [3.63, 3.8) is 0 Å². The highest BCUT2D eigenvalue weighted by Crippen LogP contribution is 2.24. The number of nitrogens with zero attached hydrogens (tertiary/aromatic N) is 3. The molecule has 2 aromatic rings. The first kappa shape index (κ1) is 20.6. The van der Waals surface area contributed by atoms with Crippen molar-refractivity contribution in [2.45, 2.75) is 39.3 Å². The molecule has 8 heteroatoms. The van der Waals surface area contributed by atoms with Crippen molar-refractivity contribution >= 4 is 17.7 Å². The molecule has 8 nitrogen and oxygen atoms in total. The van der Waals surface area contributed by atoms with Crippen LogP contribution in [0.1, 0.15) is 42.8 Å². The number of nitrogens with one attached hydrogen (secondary N) is 2. The third-order valence-corrected chi connectivity index (χ3v) is 5.00. The minimum atomic E-state index is -0.860. The fraction of sp³-hybridized carbons (Fsp3) is 0.429. The molecule has 1 aliphatic heterocycles. The Morgan fingerprint density at radius 1 is 1.21 bits per heavy atom. The SMILES string of the molecule is CCCCN1CCN([C@H](C(=O)NCc2cc(C)[nH]n2)c2ccccc2)C(=O)C1=O. The summed E-state index contributed by atoms with van der Waals surface area (Å²) in [6, 6.07) is 10.1. The lowest BCUT2D eigenvalue weighted by Gasteiger charge is -2.38. The Labute approximate surface area is 170 Å². The first-order valence-corrected chi connectivity index (χ1v) is 9.94. The van der Waals surface area contributed by atoms with Crippen LogP contribution in [0.3, 0.4) is 0 Å². The molecule has 1 fully saturated rings. The normalized spacial score (nSPS) is 15.5. The van der Waals surface area contributed by atoms with E-state index in [1.54, 1.807) is 17.0 Å². The quantitative estimate of drug-likeness (QED) is 0.660. The zero-order valence-electron chi connectivity index (χ0n) is 16.9. The van der Waals surface area contributed by atoms with Gasteiger partial charge in [0.1, 0.15) is 6.04 Å². The largest absolute Gasteiger partial charge is 0.348 e. The fourth-order valence-corrected chi connectivity index (χ4v) is 3.45. The highest BCUT2D eigenvalue weighted by atomic mass is 16.2. The number of aryl methyl sites for hydroxylation is 1. The Morgan fingerprint density at radius 2 is 1.97 bits per heavy atom. The molecule has 0 saturated carbocycles. The van der Waals surface area contributed by atoms with Crippen LogP contribution >= 0.6 is 0 Å². The van der Waals surface area contributed by atoms with Gasteiger partial charge in [0.2, 0.25) is 5.91 Å². The Morgan fingerprint density at radius 3 is 2.62 bits per heavy atom. The highest BCUT2D eigenvalue weighted by molar-refractivity contribution is 6.35. The van der Waals surface area contributed by atoms with E-state index < -0.39 is 17.9 Å². The Hall–Kier alpha value is -3.16. The van der Waals surface area contributed by atoms with E-state index in [0.717, 1.165) is 18.5 Å². The molecule has 2 heterocycles. The van der Waals surface area contributed by atoms with Crippen molar-refractivity contribution in [1.29, 1.82) is 0 Å². The van der Waals surface area contributed by atoms with Crippen molar-refractivity contribution in [3.05, 3.63) is 53.3 Å². The maximum Gasteiger partial charge on any atom is 0.313 e. The molecule has 1 saturated heterocycles. The average Bonchev–Trinajstić information content (AvgIpc) is 3.15. The summed E-state index contributed by atoms with van der Waals surface area (Å²) in [7, 11) is 0. The van der Waals surface area contributed by atoms with Gasteiger partial charge in [0.15, 0.2) is 0 Å². The smallest absolute Gasteiger partial charge is 0.313 e. The van der Waals surface area contributed by atoms with Gasteiger partial charge in [0.25, 0.3) is 0 Å². The molecule has 1 aliphatic rings. The molecule has 1 aromatic carbocycles. The van der Waals surface area contributed by atoms with Gasteiger partial charge in [-0.25, -0.2) is 0 Å². The van der Waals surface area contributed by atoms with E-state index in [0.29, 0.717) is 30.9 Å². The van der Waals surface area contributed by atoms with Gasteiger partial charge in [-0.2, -0.15) is 5.10 Å². The van der Waals surface area contributed by atoms with E-state index in [2.05, 4.69) is 15.5 Å². The number of piperazine rings is 1. The van der Waals surface area contributed by atoms with Gasteiger partial charge >= 0.3 is 11.8 Å². The lowest BCUT2D eigenvalue weighted by atomic mass is 10.0. The predicted octanol–water partition coefficient (Wildman–Crippen LogP) is 1.55. The second-order valence-electron chi connectivity index (χ2n) is 7.22. The minimum absolute atomic E-state index is 0.241. The topological polar surface area (TPSA) is 98.4 Å². The molecular weight excluding hydrogens is 370 g/mol. The van der Waals surface area contributed by atoms with Gasteiger partial charge in [-0.3, -0.25) is 19.5 Å². The van der Waals surface area contributed by atoms with Crippen LogP contribution < -0.4 is 5.32 Å². The molecule has 0 spiro atoms. The maximum atomic E-state index is 13.1. The summed E-state index contributed by atoms with van der Waals surface area (Å²) < 4.78 is 0. The molecule has 3 amide bonds. The van der Waals surface area contributed by atoms with Crippen molar-refractivity contribution in [2.75, 3.05) is 19.6 Å². The second-order valence-corrected chi connectivity index (χ2v) is 7.22. The van der Waals surface area contributed by atoms with E-state index in [9.17, 15) is 14.4 Å². The number of H-pyrrole nitrogens is 1. The number of carbonyl (C=O) groups is 3. The standard InChI is InChI=1S/C21H27N5O3/c1-3-4-10-25-11-12-26(21(29)20(25)28)18(16-8-6-5-7-9-16)19(27)22-14-17-13-15(2)23-24-17/h5-9,13,18H,3-4,10-12,14H2,1-2H3,(H,22,27)(H,23,24)/t18-/m0/s1. The van der Waals surface area contributed by atoms with Crippen molar-refractivity contribution in [1.82, 2.24) is 25.3 Å². The van der Waals surface area contributed by atoms with Crippen LogP contribution in [-0.2, 0) is 20.9 Å². The Balaban J connectivity index is 1.78. The van der Waals surface area contributed by atoms with Gasteiger partial charge in [-0.05, 0) is 25.0 Å². The lowest BCUT2D eigenvalue weighted by Crippen LogP contribution is -2.57. The highest BCUT2D eigenvalue weighted by Gasteiger charge is 2.39. The van der Waals surface area contributed by atoms with Crippen molar-refractivity contribution in [2.24, 2.45) is 0 Å². The number of hydrogen-bond donors (Lipinski definition) is 2. The number of hydrogen-bond acceptors (Lipinski definition) is 4. The fourth-order valence-electron chi connectivity index (χ4n) is 3.45. The van der Waals surface area contributed by atoms with Crippen molar-refractivity contribution < 1.29 is 14.4 Å². The molecule has 154 valence electrons. The summed E-state index contributed by atoms with van der Waals surface area (Å²) >= 11 is 0. The van der Waals surface area contributed by atoms with E-state index in [1.165, 1.54) is 4.90 Å². The number of unbranched alkanes of at least 4 members (excludes halogenated alkanes) is 1. The zero-order chi connectivity index (χ0) is 20.8. The van der Waals surface area contributed by atoms with Gasteiger partial charge in [0.05, 0.1) is 12.2 Å². The summed E-state index contributed by atoms with van der Waals surface area (Å²) in [5.74, 6) is -1.51. The molecule has 29 heavy (non-hydrogen) atoms. The van der Waals surface area contributed by atoms with E-state index in [-0.39, 0.29) is 12.5 Å². The lowest BCUT2D eigenvalue weighted by molar-refractivity contribution is -0.159. The molecule has 1 atom stereocenters. The first-order valence-electron chi connectivity index (χ1n) is 9.94. The predicted molar refractivity (Wildman–Crippen MR) is 108 cm³/mol. The third kappa shape index (κ3) is 4.82. The van der Waals surface area contributed by atoms with E-state index in [1.807, 2.05) is 38.1 Å². The molecule has 0 bridgehead atoms. The molecule has 3 rings (SSSR count). The second kappa shape index (κ2) is 9.36. The Bertz CT molecular complexity index is 864. The number of carbonyl (C=O) groups excluding carboxylic acids is 3. The number of rotatable bonds is 8.